The van der Waals surface area contributed by atoms with Crippen molar-refractivity contribution in [2.45, 2.75) is 69.4 Å². The van der Waals surface area contributed by atoms with Crippen LogP contribution < -0.4 is 5.32 Å². The third-order valence-electron chi connectivity index (χ3n) is 6.65. The van der Waals surface area contributed by atoms with Gasteiger partial charge in [0.2, 0.25) is 0 Å². The third kappa shape index (κ3) is 4.25. The normalized spacial score (nSPS) is 24.3. The molecule has 1 saturated heterocycles. The van der Waals surface area contributed by atoms with Crippen LogP contribution in [0, 0.1) is 6.92 Å². The molecule has 1 aliphatic heterocycles. The Morgan fingerprint density at radius 3 is 2.67 bits per heavy atom. The first-order valence-corrected chi connectivity index (χ1v) is 10.5. The lowest BCUT2D eigenvalue weighted by atomic mass is 9.66. The number of aromatic nitrogens is 1. The van der Waals surface area contributed by atoms with E-state index >= 15 is 0 Å². The number of rotatable bonds is 6. The fourth-order valence-corrected chi connectivity index (χ4v) is 5.25. The lowest BCUT2D eigenvalue weighted by Gasteiger charge is -2.47. The minimum Gasteiger partial charge on any atom is -0.375 e. The average molecular weight is 365 g/mol. The van der Waals surface area contributed by atoms with Crippen LogP contribution in [0.1, 0.15) is 61.6 Å². The molecule has 0 bridgehead atoms. The van der Waals surface area contributed by atoms with E-state index in [-0.39, 0.29) is 11.0 Å². The van der Waals surface area contributed by atoms with Gasteiger partial charge in [0.25, 0.3) is 0 Å². The molecule has 2 heterocycles. The summed E-state index contributed by atoms with van der Waals surface area (Å²) < 4.78 is 6.36. The van der Waals surface area contributed by atoms with Gasteiger partial charge in [-0.3, -0.25) is 4.98 Å². The van der Waals surface area contributed by atoms with Gasteiger partial charge in [0, 0.05) is 31.0 Å². The predicted molar refractivity (Wildman–Crippen MR) is 110 cm³/mol. The molecule has 1 aromatic carbocycles. The maximum Gasteiger partial charge on any atom is 0.0691 e. The van der Waals surface area contributed by atoms with Crippen LogP contribution in [0.15, 0.2) is 48.8 Å². The second-order valence-corrected chi connectivity index (χ2v) is 8.60. The number of benzene rings is 1. The summed E-state index contributed by atoms with van der Waals surface area (Å²) in [6.07, 6.45) is 12.4. The van der Waals surface area contributed by atoms with Gasteiger partial charge in [-0.25, -0.2) is 0 Å². The molecule has 0 unspecified atom stereocenters. The Balaban J connectivity index is 1.45. The van der Waals surface area contributed by atoms with Gasteiger partial charge in [-0.05, 0) is 68.8 Å². The predicted octanol–water partition coefficient (Wildman–Crippen LogP) is 4.93. The Bertz CT molecular complexity index is 739. The van der Waals surface area contributed by atoms with Crippen molar-refractivity contribution >= 4 is 0 Å². The number of hydrogen-bond donors (Lipinski definition) is 1. The highest BCUT2D eigenvalue weighted by atomic mass is 16.5. The fraction of sp³-hybridized carbons (Fsp3) is 0.542. The van der Waals surface area contributed by atoms with E-state index in [1.165, 1.54) is 42.4 Å². The summed E-state index contributed by atoms with van der Waals surface area (Å²) >= 11 is 0. The number of pyridine rings is 1. The second-order valence-electron chi connectivity index (χ2n) is 8.60. The molecule has 1 N–H and O–H groups in total. The zero-order valence-electron chi connectivity index (χ0n) is 16.5. The number of nitrogens with zero attached hydrogens (tertiary/aromatic N) is 1. The van der Waals surface area contributed by atoms with Crippen molar-refractivity contribution in [3.05, 3.63) is 65.5 Å². The van der Waals surface area contributed by atoms with Gasteiger partial charge in [-0.1, -0.05) is 42.7 Å². The summed E-state index contributed by atoms with van der Waals surface area (Å²) in [6, 6.07) is 13.2. The molecule has 4 rings (SSSR count). The minimum atomic E-state index is 0.123. The molecule has 2 aromatic rings. The Labute approximate surface area is 163 Å². The topological polar surface area (TPSA) is 34.2 Å². The molecular formula is C24H32N2O. The molecule has 1 saturated carbocycles. The van der Waals surface area contributed by atoms with Crippen molar-refractivity contribution in [2.75, 3.05) is 13.2 Å². The Kier molecular flexibility index (Phi) is 5.60. The smallest absolute Gasteiger partial charge is 0.0691 e. The van der Waals surface area contributed by atoms with Crippen molar-refractivity contribution in [3.63, 3.8) is 0 Å². The van der Waals surface area contributed by atoms with Gasteiger partial charge < -0.3 is 10.1 Å². The summed E-state index contributed by atoms with van der Waals surface area (Å²) in [5.41, 5.74) is 4.48. The van der Waals surface area contributed by atoms with Crippen LogP contribution in [0.3, 0.4) is 0 Å². The van der Waals surface area contributed by atoms with Crippen LogP contribution in [0.5, 0.6) is 0 Å². The van der Waals surface area contributed by atoms with Crippen LogP contribution in [-0.2, 0) is 16.7 Å². The van der Waals surface area contributed by atoms with Crippen molar-refractivity contribution in [1.29, 1.82) is 0 Å². The standard InChI is InChI=1S/C24H32N2O/c1-20-5-4-6-21(17-20)18-26-15-11-23(22-7-13-25-14-8-22)12-16-27-24(19-23)9-2-3-10-24/h4-8,13-14,17,26H,2-3,9-12,15-16,18-19H2,1H3/t23-/m1/s1. The average Bonchev–Trinajstić information content (AvgIpc) is 3.13. The molecule has 2 aliphatic rings. The quantitative estimate of drug-likeness (QED) is 0.738. The van der Waals surface area contributed by atoms with E-state index in [1.54, 1.807) is 0 Å². The Morgan fingerprint density at radius 2 is 1.89 bits per heavy atom. The van der Waals surface area contributed by atoms with Crippen LogP contribution in [-0.4, -0.2) is 23.7 Å². The summed E-state index contributed by atoms with van der Waals surface area (Å²) in [6.45, 7) is 5.02. The number of ether oxygens (including phenoxy) is 1. The zero-order valence-corrected chi connectivity index (χ0v) is 16.5. The van der Waals surface area contributed by atoms with E-state index in [0.29, 0.717) is 0 Å². The third-order valence-corrected chi connectivity index (χ3v) is 6.65. The first-order valence-electron chi connectivity index (χ1n) is 10.5. The molecule has 1 aromatic heterocycles. The minimum absolute atomic E-state index is 0.123. The Hall–Kier alpha value is -1.71. The largest absolute Gasteiger partial charge is 0.375 e. The van der Waals surface area contributed by atoms with Gasteiger partial charge in [0.15, 0.2) is 0 Å². The SMILES string of the molecule is Cc1cccc(CNCC[C@@]2(c3ccncc3)CCOC3(CCCC3)C2)c1. The molecule has 1 spiro atoms. The summed E-state index contributed by atoms with van der Waals surface area (Å²) in [5, 5.41) is 3.69. The molecule has 1 atom stereocenters. The molecule has 0 amide bonds. The van der Waals surface area contributed by atoms with Gasteiger partial charge in [0.05, 0.1) is 5.60 Å². The lowest BCUT2D eigenvalue weighted by Crippen LogP contribution is -2.47. The number of nitrogens with one attached hydrogen (secondary N) is 1. The van der Waals surface area contributed by atoms with E-state index in [4.69, 9.17) is 4.74 Å². The molecule has 1 aliphatic carbocycles. The summed E-state index contributed by atoms with van der Waals surface area (Å²) in [5.74, 6) is 0. The monoisotopic (exact) mass is 364 g/mol. The number of aryl methyl sites for hydroxylation is 1. The summed E-state index contributed by atoms with van der Waals surface area (Å²) in [7, 11) is 0. The van der Waals surface area contributed by atoms with Crippen LogP contribution in [0.4, 0.5) is 0 Å². The molecule has 144 valence electrons. The lowest BCUT2D eigenvalue weighted by molar-refractivity contribution is -0.103. The first kappa shape index (κ1) is 18.6. The first-order chi connectivity index (χ1) is 13.2. The van der Waals surface area contributed by atoms with Crippen LogP contribution in [0.2, 0.25) is 0 Å². The van der Waals surface area contributed by atoms with E-state index in [2.05, 4.69) is 53.6 Å². The molecule has 27 heavy (non-hydrogen) atoms. The van der Waals surface area contributed by atoms with Crippen LogP contribution in [0.25, 0.3) is 0 Å². The highest BCUT2D eigenvalue weighted by Crippen LogP contribution is 2.49. The Morgan fingerprint density at radius 1 is 1.07 bits per heavy atom. The van der Waals surface area contributed by atoms with Gasteiger partial charge in [-0.15, -0.1) is 0 Å². The highest BCUT2D eigenvalue weighted by Gasteiger charge is 2.47. The van der Waals surface area contributed by atoms with Crippen LogP contribution >= 0.6 is 0 Å². The molecule has 2 fully saturated rings. The van der Waals surface area contributed by atoms with E-state index < -0.39 is 0 Å². The van der Waals surface area contributed by atoms with Crippen molar-refractivity contribution < 1.29 is 4.74 Å². The molecule has 3 heteroatoms. The fourth-order valence-electron chi connectivity index (χ4n) is 5.25. The highest BCUT2D eigenvalue weighted by molar-refractivity contribution is 5.26. The second kappa shape index (κ2) is 8.12. The van der Waals surface area contributed by atoms with Gasteiger partial charge in [-0.2, -0.15) is 0 Å². The number of hydrogen-bond acceptors (Lipinski definition) is 3. The van der Waals surface area contributed by atoms with Crippen molar-refractivity contribution in [3.8, 4) is 0 Å². The summed E-state index contributed by atoms with van der Waals surface area (Å²) in [4.78, 5) is 4.26. The molecule has 0 radical (unpaired) electrons. The maximum absolute atomic E-state index is 6.36. The van der Waals surface area contributed by atoms with Gasteiger partial charge >= 0.3 is 0 Å². The van der Waals surface area contributed by atoms with Crippen molar-refractivity contribution in [2.24, 2.45) is 0 Å². The molecule has 3 nitrogen and oxygen atoms in total. The van der Waals surface area contributed by atoms with Gasteiger partial charge in [0.1, 0.15) is 0 Å². The van der Waals surface area contributed by atoms with E-state index in [9.17, 15) is 0 Å². The van der Waals surface area contributed by atoms with E-state index in [1.807, 2.05) is 12.4 Å². The zero-order chi connectivity index (χ0) is 18.6. The van der Waals surface area contributed by atoms with Crippen molar-refractivity contribution in [1.82, 2.24) is 10.3 Å². The van der Waals surface area contributed by atoms with E-state index in [0.717, 1.165) is 39.0 Å². The molecular weight excluding hydrogens is 332 g/mol. The maximum atomic E-state index is 6.36.